The molecule has 1 N–H and O–H groups in total. The number of rotatable bonds is 3. The molecule has 0 atom stereocenters. The Bertz CT molecular complexity index is 355. The molecule has 2 rings (SSSR count). The number of nitrogens with one attached hydrogen (secondary N) is 1. The third-order valence-corrected chi connectivity index (χ3v) is 2.81. The summed E-state index contributed by atoms with van der Waals surface area (Å²) >= 11 is 0. The molecule has 0 aliphatic carbocycles. The number of hydrogen-bond donors (Lipinski definition) is 1. The Morgan fingerprint density at radius 3 is 2.81 bits per heavy atom. The molecule has 0 radical (unpaired) electrons. The first-order valence-electron chi connectivity index (χ1n) is 5.64. The van der Waals surface area contributed by atoms with E-state index >= 15 is 0 Å². The van der Waals surface area contributed by atoms with Crippen LogP contribution in [-0.2, 0) is 0 Å². The minimum atomic E-state index is 0.161. The molecule has 16 heavy (non-hydrogen) atoms. The highest BCUT2D eigenvalue weighted by molar-refractivity contribution is 5.97. The lowest BCUT2D eigenvalue weighted by Gasteiger charge is -2.26. The van der Waals surface area contributed by atoms with E-state index in [1.165, 1.54) is 0 Å². The Morgan fingerprint density at radius 1 is 1.44 bits per heavy atom. The van der Waals surface area contributed by atoms with Crippen molar-refractivity contribution in [1.82, 2.24) is 15.2 Å². The molecule has 2 heterocycles. The van der Waals surface area contributed by atoms with Crippen molar-refractivity contribution in [2.24, 2.45) is 0 Å². The molecule has 0 saturated carbocycles. The van der Waals surface area contributed by atoms with Crippen molar-refractivity contribution in [3.8, 4) is 0 Å². The lowest BCUT2D eigenvalue weighted by molar-refractivity contribution is 0.0921. The zero-order valence-corrected chi connectivity index (χ0v) is 9.57. The lowest BCUT2D eigenvalue weighted by atomic mass is 10.1. The lowest BCUT2D eigenvalue weighted by Crippen LogP contribution is -2.45. The Morgan fingerprint density at radius 2 is 2.19 bits per heavy atom. The maximum Gasteiger partial charge on any atom is 0.178 e. The van der Waals surface area contributed by atoms with Crippen LogP contribution in [0.1, 0.15) is 16.1 Å². The van der Waals surface area contributed by atoms with Crippen molar-refractivity contribution < 1.29 is 4.79 Å². The summed E-state index contributed by atoms with van der Waals surface area (Å²) in [5, 5.41) is 3.27. The van der Waals surface area contributed by atoms with Gasteiger partial charge >= 0.3 is 0 Å². The first-order valence-corrected chi connectivity index (χ1v) is 5.64. The molecule has 1 aromatic rings. The number of carbonyl (C=O) groups is 1. The number of carbonyl (C=O) groups excluding carboxylic acids is 1. The molecule has 1 aromatic heterocycles. The topological polar surface area (TPSA) is 45.2 Å². The fourth-order valence-corrected chi connectivity index (χ4v) is 1.80. The Hall–Kier alpha value is -1.26. The van der Waals surface area contributed by atoms with Crippen molar-refractivity contribution in [1.29, 1.82) is 0 Å². The molecule has 0 unspecified atom stereocenters. The molecule has 1 aliphatic rings. The average molecular weight is 219 g/mol. The number of piperazine rings is 1. The summed E-state index contributed by atoms with van der Waals surface area (Å²) in [5.74, 6) is 0.161. The SMILES string of the molecule is Cc1ccc(C(=O)CN2CCNCC2)cn1. The molecule has 0 aromatic carbocycles. The first-order chi connectivity index (χ1) is 7.75. The van der Waals surface area contributed by atoms with Gasteiger partial charge in [-0.2, -0.15) is 0 Å². The summed E-state index contributed by atoms with van der Waals surface area (Å²) in [6.45, 7) is 6.27. The monoisotopic (exact) mass is 219 g/mol. The molecule has 0 amide bonds. The first kappa shape index (κ1) is 11.2. The number of aromatic nitrogens is 1. The van der Waals surface area contributed by atoms with Gasteiger partial charge in [0, 0.05) is 43.6 Å². The molecule has 1 fully saturated rings. The van der Waals surface area contributed by atoms with Crippen LogP contribution in [0.5, 0.6) is 0 Å². The van der Waals surface area contributed by atoms with Gasteiger partial charge in [-0.1, -0.05) is 0 Å². The molecule has 0 spiro atoms. The quantitative estimate of drug-likeness (QED) is 0.751. The van der Waals surface area contributed by atoms with Gasteiger partial charge in [0.15, 0.2) is 5.78 Å². The van der Waals surface area contributed by atoms with Crippen LogP contribution in [-0.4, -0.2) is 48.4 Å². The largest absolute Gasteiger partial charge is 0.314 e. The summed E-state index contributed by atoms with van der Waals surface area (Å²) in [4.78, 5) is 18.2. The number of Topliss-reactive ketones (excluding diaryl/α,β-unsaturated/α-hetero) is 1. The predicted molar refractivity (Wildman–Crippen MR) is 62.6 cm³/mol. The van der Waals surface area contributed by atoms with Gasteiger partial charge in [0.05, 0.1) is 6.54 Å². The van der Waals surface area contributed by atoms with E-state index in [4.69, 9.17) is 0 Å². The summed E-state index contributed by atoms with van der Waals surface area (Å²) in [6, 6.07) is 3.73. The van der Waals surface area contributed by atoms with E-state index in [9.17, 15) is 4.79 Å². The summed E-state index contributed by atoms with van der Waals surface area (Å²) in [5.41, 5.74) is 1.66. The summed E-state index contributed by atoms with van der Waals surface area (Å²) < 4.78 is 0. The Kier molecular flexibility index (Phi) is 3.64. The maximum absolute atomic E-state index is 11.9. The molecule has 4 nitrogen and oxygen atoms in total. The van der Waals surface area contributed by atoms with Crippen LogP contribution in [0.25, 0.3) is 0 Å². The van der Waals surface area contributed by atoms with E-state index in [-0.39, 0.29) is 5.78 Å². The molecule has 1 saturated heterocycles. The van der Waals surface area contributed by atoms with Crippen LogP contribution in [0.2, 0.25) is 0 Å². The number of hydrogen-bond acceptors (Lipinski definition) is 4. The molecular weight excluding hydrogens is 202 g/mol. The van der Waals surface area contributed by atoms with Gasteiger partial charge in [0.1, 0.15) is 0 Å². The van der Waals surface area contributed by atoms with Crippen molar-refractivity contribution in [3.05, 3.63) is 29.6 Å². The highest BCUT2D eigenvalue weighted by Crippen LogP contribution is 2.03. The van der Waals surface area contributed by atoms with Crippen molar-refractivity contribution in [2.45, 2.75) is 6.92 Å². The van der Waals surface area contributed by atoms with Gasteiger partial charge in [-0.15, -0.1) is 0 Å². The van der Waals surface area contributed by atoms with Gasteiger partial charge in [-0.25, -0.2) is 0 Å². The zero-order chi connectivity index (χ0) is 11.4. The smallest absolute Gasteiger partial charge is 0.178 e. The minimum absolute atomic E-state index is 0.161. The van der Waals surface area contributed by atoms with E-state index < -0.39 is 0 Å². The van der Waals surface area contributed by atoms with Crippen LogP contribution < -0.4 is 5.32 Å². The van der Waals surface area contributed by atoms with E-state index in [1.807, 2.05) is 19.1 Å². The fourth-order valence-electron chi connectivity index (χ4n) is 1.80. The van der Waals surface area contributed by atoms with Crippen molar-refractivity contribution >= 4 is 5.78 Å². The molecule has 4 heteroatoms. The van der Waals surface area contributed by atoms with Crippen LogP contribution in [0.15, 0.2) is 18.3 Å². The normalized spacial score (nSPS) is 17.3. The summed E-state index contributed by atoms with van der Waals surface area (Å²) in [6.07, 6.45) is 1.67. The average Bonchev–Trinajstić information content (AvgIpc) is 2.31. The number of nitrogens with zero attached hydrogens (tertiary/aromatic N) is 2. The second-order valence-electron chi connectivity index (χ2n) is 4.14. The zero-order valence-electron chi connectivity index (χ0n) is 9.57. The third kappa shape index (κ3) is 2.87. The Balaban J connectivity index is 1.94. The minimum Gasteiger partial charge on any atom is -0.314 e. The van der Waals surface area contributed by atoms with E-state index in [0.29, 0.717) is 12.1 Å². The van der Waals surface area contributed by atoms with Gasteiger partial charge < -0.3 is 5.32 Å². The number of ketones is 1. The molecular formula is C12H17N3O. The highest BCUT2D eigenvalue weighted by atomic mass is 16.1. The fraction of sp³-hybridized carbons (Fsp3) is 0.500. The van der Waals surface area contributed by atoms with Crippen LogP contribution in [0.3, 0.4) is 0 Å². The second-order valence-corrected chi connectivity index (χ2v) is 4.14. The van der Waals surface area contributed by atoms with E-state index in [2.05, 4.69) is 15.2 Å². The van der Waals surface area contributed by atoms with Crippen LogP contribution in [0, 0.1) is 6.92 Å². The van der Waals surface area contributed by atoms with Gasteiger partial charge in [-0.05, 0) is 19.1 Å². The van der Waals surface area contributed by atoms with Gasteiger partial charge in [0.2, 0.25) is 0 Å². The van der Waals surface area contributed by atoms with Crippen LogP contribution in [0.4, 0.5) is 0 Å². The van der Waals surface area contributed by atoms with Crippen molar-refractivity contribution in [3.63, 3.8) is 0 Å². The number of aryl methyl sites for hydroxylation is 1. The maximum atomic E-state index is 11.9. The second kappa shape index (κ2) is 5.18. The predicted octanol–water partition coefficient (Wildman–Crippen LogP) is 0.478. The highest BCUT2D eigenvalue weighted by Gasteiger charge is 2.14. The van der Waals surface area contributed by atoms with Crippen molar-refractivity contribution in [2.75, 3.05) is 32.7 Å². The standard InChI is InChI=1S/C12H17N3O/c1-10-2-3-11(8-14-10)12(16)9-15-6-4-13-5-7-15/h2-3,8,13H,4-7,9H2,1H3. The molecule has 1 aliphatic heterocycles. The van der Waals surface area contributed by atoms with E-state index in [0.717, 1.165) is 31.9 Å². The molecule has 86 valence electrons. The molecule has 0 bridgehead atoms. The third-order valence-electron chi connectivity index (χ3n) is 2.81. The van der Waals surface area contributed by atoms with Gasteiger partial charge in [-0.3, -0.25) is 14.7 Å². The Labute approximate surface area is 95.7 Å². The van der Waals surface area contributed by atoms with E-state index in [1.54, 1.807) is 6.20 Å². The van der Waals surface area contributed by atoms with Crippen LogP contribution >= 0.6 is 0 Å². The number of pyridine rings is 1. The van der Waals surface area contributed by atoms with Gasteiger partial charge in [0.25, 0.3) is 0 Å². The summed E-state index contributed by atoms with van der Waals surface area (Å²) in [7, 11) is 0.